The lowest BCUT2D eigenvalue weighted by Gasteiger charge is -2.39. The average Bonchev–Trinajstić information content (AvgIpc) is 3.35. The molecular weight excluding hydrogens is 492 g/mol. The Morgan fingerprint density at radius 1 is 0.973 bits per heavy atom. The molecule has 1 atom stereocenters. The highest BCUT2D eigenvalue weighted by Crippen LogP contribution is 2.31. The van der Waals surface area contributed by atoms with Crippen molar-refractivity contribution < 1.29 is 8.42 Å². The molecule has 0 saturated carbocycles. The highest BCUT2D eigenvalue weighted by Gasteiger charge is 2.36. The molecule has 0 spiro atoms. The van der Waals surface area contributed by atoms with E-state index in [4.69, 9.17) is 0 Å². The van der Waals surface area contributed by atoms with E-state index < -0.39 is 10.0 Å². The van der Waals surface area contributed by atoms with E-state index in [1.807, 2.05) is 26.1 Å². The number of likely N-dealkylation sites (N-methyl/N-ethyl adjacent to an activating group) is 1. The zero-order valence-electron chi connectivity index (χ0n) is 21.1. The van der Waals surface area contributed by atoms with Gasteiger partial charge in [0.15, 0.2) is 0 Å². The van der Waals surface area contributed by atoms with Crippen LogP contribution in [0.4, 0.5) is 0 Å². The number of aromatic amines is 1. The minimum atomic E-state index is -3.76. The van der Waals surface area contributed by atoms with E-state index in [2.05, 4.69) is 14.9 Å². The van der Waals surface area contributed by atoms with Gasteiger partial charge >= 0.3 is 5.69 Å². The van der Waals surface area contributed by atoms with Crippen molar-refractivity contribution in [3.05, 3.63) is 81.3 Å². The molecule has 10 nitrogen and oxygen atoms in total. The molecule has 37 heavy (non-hydrogen) atoms. The van der Waals surface area contributed by atoms with Gasteiger partial charge in [-0.25, -0.2) is 13.2 Å². The molecule has 1 fully saturated rings. The first-order valence-corrected chi connectivity index (χ1v) is 13.8. The number of H-pyrrole nitrogens is 1. The quantitative estimate of drug-likeness (QED) is 0.416. The van der Waals surface area contributed by atoms with Crippen LogP contribution in [0.15, 0.2) is 69.3 Å². The number of rotatable bonds is 6. The van der Waals surface area contributed by atoms with Gasteiger partial charge in [-0.05, 0) is 62.4 Å². The summed E-state index contributed by atoms with van der Waals surface area (Å²) in [6.07, 6.45) is 3.36. The summed E-state index contributed by atoms with van der Waals surface area (Å²) >= 11 is 0. The van der Waals surface area contributed by atoms with Crippen LogP contribution in [-0.4, -0.2) is 63.4 Å². The average molecular weight is 523 g/mol. The normalized spacial score (nSPS) is 17.4. The highest BCUT2D eigenvalue weighted by molar-refractivity contribution is 7.89. The Labute approximate surface area is 214 Å². The second-order valence-electron chi connectivity index (χ2n) is 9.22. The van der Waals surface area contributed by atoms with Crippen molar-refractivity contribution >= 4 is 21.1 Å². The molecule has 0 amide bonds. The van der Waals surface area contributed by atoms with Gasteiger partial charge in [-0.3, -0.25) is 18.9 Å². The van der Waals surface area contributed by atoms with Gasteiger partial charge in [0.2, 0.25) is 10.0 Å². The number of nitrogens with zero attached hydrogens (tertiary/aromatic N) is 5. The summed E-state index contributed by atoms with van der Waals surface area (Å²) in [5, 5.41) is 0. The van der Waals surface area contributed by atoms with Crippen LogP contribution in [0.2, 0.25) is 0 Å². The second kappa shape index (κ2) is 9.73. The Morgan fingerprint density at radius 3 is 2.30 bits per heavy atom. The van der Waals surface area contributed by atoms with Gasteiger partial charge in [-0.15, -0.1) is 0 Å². The van der Waals surface area contributed by atoms with Crippen LogP contribution < -0.4 is 11.2 Å². The number of hydrogen-bond donors (Lipinski definition) is 1. The fourth-order valence-corrected chi connectivity index (χ4v) is 6.62. The van der Waals surface area contributed by atoms with Crippen molar-refractivity contribution in [2.75, 3.05) is 26.7 Å². The van der Waals surface area contributed by atoms with Crippen molar-refractivity contribution in [2.45, 2.75) is 37.9 Å². The molecule has 1 N–H and O–H groups in total. The molecule has 0 radical (unpaired) electrons. The fourth-order valence-electron chi connectivity index (χ4n) is 5.02. The summed E-state index contributed by atoms with van der Waals surface area (Å²) in [5.74, 6) is 0. The molecule has 194 valence electrons. The van der Waals surface area contributed by atoms with E-state index in [-0.39, 0.29) is 28.7 Å². The molecule has 3 aromatic heterocycles. The minimum Gasteiger partial charge on any atom is -0.349 e. The first kappa shape index (κ1) is 25.1. The third-order valence-electron chi connectivity index (χ3n) is 7.04. The molecule has 0 bridgehead atoms. The van der Waals surface area contributed by atoms with E-state index >= 15 is 0 Å². The van der Waals surface area contributed by atoms with Crippen LogP contribution in [0.25, 0.3) is 22.3 Å². The molecule has 1 aliphatic rings. The lowest BCUT2D eigenvalue weighted by atomic mass is 10.1. The summed E-state index contributed by atoms with van der Waals surface area (Å²) in [7, 11) is -1.77. The largest absolute Gasteiger partial charge is 0.349 e. The Morgan fingerprint density at radius 2 is 1.65 bits per heavy atom. The number of fused-ring (bicyclic) bond motifs is 1. The van der Waals surface area contributed by atoms with E-state index in [1.54, 1.807) is 58.5 Å². The van der Waals surface area contributed by atoms with Crippen LogP contribution in [0.1, 0.15) is 25.5 Å². The van der Waals surface area contributed by atoms with Crippen molar-refractivity contribution in [3.63, 3.8) is 0 Å². The SMILES string of the molecule is CCn1c(=O)c2[nH]c(-c3ccc(S(=O)(=O)N4CCN(C)CC4c4ccncc4)cc3)cc2n(CC)c1=O. The highest BCUT2D eigenvalue weighted by atomic mass is 32.2. The molecule has 4 heterocycles. The van der Waals surface area contributed by atoms with Crippen molar-refractivity contribution in [3.8, 4) is 11.3 Å². The topological polar surface area (TPSA) is 113 Å². The van der Waals surface area contributed by atoms with Crippen LogP contribution >= 0.6 is 0 Å². The molecular formula is C26H30N6O4S. The van der Waals surface area contributed by atoms with Crippen LogP contribution in [-0.2, 0) is 23.1 Å². The van der Waals surface area contributed by atoms with Gasteiger partial charge < -0.3 is 9.88 Å². The van der Waals surface area contributed by atoms with Gasteiger partial charge in [0, 0.05) is 50.8 Å². The number of nitrogens with one attached hydrogen (secondary N) is 1. The fraction of sp³-hybridized carbons (Fsp3) is 0.346. The molecule has 1 aliphatic heterocycles. The first-order chi connectivity index (χ1) is 17.8. The number of piperazine rings is 1. The maximum Gasteiger partial charge on any atom is 0.331 e. The smallest absolute Gasteiger partial charge is 0.331 e. The Kier molecular flexibility index (Phi) is 6.61. The Hall–Kier alpha value is -3.54. The van der Waals surface area contributed by atoms with E-state index in [9.17, 15) is 18.0 Å². The van der Waals surface area contributed by atoms with Crippen LogP contribution in [0.3, 0.4) is 0 Å². The van der Waals surface area contributed by atoms with E-state index in [0.717, 1.165) is 11.1 Å². The monoisotopic (exact) mass is 522 g/mol. The number of aryl methyl sites for hydroxylation is 1. The summed E-state index contributed by atoms with van der Waals surface area (Å²) in [6, 6.07) is 11.8. The molecule has 1 unspecified atom stereocenters. The predicted octanol–water partition coefficient (Wildman–Crippen LogP) is 2.27. The molecule has 5 rings (SSSR count). The first-order valence-electron chi connectivity index (χ1n) is 12.3. The number of aromatic nitrogens is 4. The molecule has 11 heteroatoms. The number of sulfonamides is 1. The Bertz CT molecular complexity index is 1660. The second-order valence-corrected chi connectivity index (χ2v) is 11.1. The van der Waals surface area contributed by atoms with E-state index in [1.165, 1.54) is 4.57 Å². The molecule has 1 aromatic carbocycles. The number of hydrogen-bond acceptors (Lipinski definition) is 6. The summed E-state index contributed by atoms with van der Waals surface area (Å²) in [6.45, 7) is 5.93. The minimum absolute atomic E-state index is 0.203. The van der Waals surface area contributed by atoms with Crippen molar-refractivity contribution in [2.24, 2.45) is 0 Å². The molecule has 4 aromatic rings. The maximum absolute atomic E-state index is 13.7. The lowest BCUT2D eigenvalue weighted by molar-refractivity contribution is 0.160. The molecule has 1 saturated heterocycles. The van der Waals surface area contributed by atoms with E-state index in [0.29, 0.717) is 42.9 Å². The maximum atomic E-state index is 13.7. The zero-order chi connectivity index (χ0) is 26.3. The van der Waals surface area contributed by atoms with Gasteiger partial charge in [-0.2, -0.15) is 4.31 Å². The standard InChI is InChI=1S/C26H30N6O4S/c1-4-30-22-16-21(28-24(22)25(33)31(5-2)26(30)34)18-6-8-20(9-7-18)37(35,36)32-15-14-29(3)17-23(32)19-10-12-27-13-11-19/h6-13,16,23,28H,4-5,14-15,17H2,1-3H3. The summed E-state index contributed by atoms with van der Waals surface area (Å²) in [5.41, 5.74) is 2.44. The van der Waals surface area contributed by atoms with Gasteiger partial charge in [0.1, 0.15) is 5.52 Å². The third kappa shape index (κ3) is 4.32. The molecule has 0 aliphatic carbocycles. The van der Waals surface area contributed by atoms with Crippen molar-refractivity contribution in [1.29, 1.82) is 0 Å². The van der Waals surface area contributed by atoms with Crippen molar-refractivity contribution in [1.82, 2.24) is 28.3 Å². The Balaban J connectivity index is 1.51. The third-order valence-corrected chi connectivity index (χ3v) is 8.96. The number of pyridine rings is 1. The zero-order valence-corrected chi connectivity index (χ0v) is 21.9. The summed E-state index contributed by atoms with van der Waals surface area (Å²) < 4.78 is 31.7. The van der Waals surface area contributed by atoms with Gasteiger partial charge in [0.25, 0.3) is 5.56 Å². The van der Waals surface area contributed by atoms with Gasteiger partial charge in [-0.1, -0.05) is 12.1 Å². The predicted molar refractivity (Wildman–Crippen MR) is 142 cm³/mol. The van der Waals surface area contributed by atoms with Gasteiger partial charge in [0.05, 0.1) is 16.5 Å². The van der Waals surface area contributed by atoms with Crippen LogP contribution in [0, 0.1) is 0 Å². The lowest BCUT2D eigenvalue weighted by Crippen LogP contribution is -2.49. The summed E-state index contributed by atoms with van der Waals surface area (Å²) in [4.78, 5) is 35.1. The van der Waals surface area contributed by atoms with Crippen LogP contribution in [0.5, 0.6) is 0 Å². The number of benzene rings is 1.